The fourth-order valence-corrected chi connectivity index (χ4v) is 6.27. The Labute approximate surface area is 270 Å². The number of rotatable bonds is 2. The van der Waals surface area contributed by atoms with Crippen LogP contribution in [-0.2, 0) is 12.4 Å². The highest BCUT2D eigenvalue weighted by molar-refractivity contribution is 6.02. The summed E-state index contributed by atoms with van der Waals surface area (Å²) in [5, 5.41) is 11.1. The van der Waals surface area contributed by atoms with Crippen molar-refractivity contribution in [3.8, 4) is 22.5 Å². The molecule has 0 aliphatic carbocycles. The number of hydrogen-bond acceptors (Lipinski definition) is 2. The molecule has 0 amide bonds. The van der Waals surface area contributed by atoms with E-state index in [2.05, 4.69) is 10.2 Å². The Morgan fingerprint density at radius 2 is 0.750 bits per heavy atom. The summed E-state index contributed by atoms with van der Waals surface area (Å²) < 4.78 is 81.9. The van der Waals surface area contributed by atoms with Gasteiger partial charge in [-0.3, -0.25) is 0 Å². The molecule has 4 heterocycles. The fraction of sp³-hybridized carbons (Fsp3) is 0.105. The third-order valence-electron chi connectivity index (χ3n) is 8.44. The Hall–Kier alpha value is -5.64. The van der Waals surface area contributed by atoms with Gasteiger partial charge in [-0.25, -0.2) is 9.03 Å². The van der Waals surface area contributed by atoms with Gasteiger partial charge in [-0.2, -0.15) is 36.5 Å². The Bertz CT molecular complexity index is 2270. The van der Waals surface area contributed by atoms with Crippen molar-refractivity contribution >= 4 is 32.6 Å². The molecular weight excluding hydrogens is 626 g/mol. The van der Waals surface area contributed by atoms with Crippen LogP contribution in [0, 0.1) is 13.8 Å². The van der Waals surface area contributed by atoms with Crippen LogP contribution in [0.1, 0.15) is 22.5 Å². The fourth-order valence-electron chi connectivity index (χ4n) is 6.27. The lowest BCUT2D eigenvalue weighted by Gasteiger charge is -2.13. The minimum absolute atomic E-state index is 0.461. The highest BCUT2D eigenvalue weighted by Gasteiger charge is 2.36. The summed E-state index contributed by atoms with van der Waals surface area (Å²) in [5.74, 6) is 0. The predicted molar refractivity (Wildman–Crippen MR) is 176 cm³/mol. The zero-order chi connectivity index (χ0) is 33.8. The molecule has 4 nitrogen and oxygen atoms in total. The molecule has 0 fully saturated rings. The van der Waals surface area contributed by atoms with Crippen molar-refractivity contribution in [2.75, 3.05) is 0 Å². The molecule has 8 aromatic rings. The lowest BCUT2D eigenvalue weighted by molar-refractivity contribution is -0.142. The Balaban J connectivity index is 0.000000152. The molecule has 0 spiro atoms. The number of alkyl halides is 6. The van der Waals surface area contributed by atoms with Crippen LogP contribution >= 0.6 is 0 Å². The number of aromatic nitrogens is 4. The topological polar surface area (TPSA) is 34.6 Å². The van der Waals surface area contributed by atoms with Gasteiger partial charge in [-0.1, -0.05) is 109 Å². The van der Waals surface area contributed by atoms with Crippen LogP contribution in [0.25, 0.3) is 55.1 Å². The quantitative estimate of drug-likeness (QED) is 0.174. The van der Waals surface area contributed by atoms with E-state index in [0.29, 0.717) is 22.4 Å². The Kier molecular flexibility index (Phi) is 7.46. The van der Waals surface area contributed by atoms with E-state index in [4.69, 9.17) is 0 Å². The first-order valence-electron chi connectivity index (χ1n) is 15.0. The van der Waals surface area contributed by atoms with Crippen molar-refractivity contribution in [1.29, 1.82) is 0 Å². The van der Waals surface area contributed by atoms with E-state index >= 15 is 0 Å². The van der Waals surface area contributed by atoms with E-state index in [1.54, 1.807) is 0 Å². The van der Waals surface area contributed by atoms with Crippen LogP contribution in [0.5, 0.6) is 0 Å². The van der Waals surface area contributed by atoms with E-state index in [1.165, 1.54) is 9.03 Å². The molecule has 0 saturated carbocycles. The zero-order valence-electron chi connectivity index (χ0n) is 25.6. The van der Waals surface area contributed by atoms with Gasteiger partial charge < -0.3 is 0 Å². The number of halogens is 6. The van der Waals surface area contributed by atoms with Crippen molar-refractivity contribution in [2.24, 2.45) is 0 Å². The van der Waals surface area contributed by atoms with Crippen LogP contribution < -0.4 is 0 Å². The minimum Gasteiger partial charge on any atom is -0.232 e. The number of benzene rings is 4. The second-order valence-corrected chi connectivity index (χ2v) is 11.4. The average molecular weight is 653 g/mol. The van der Waals surface area contributed by atoms with Crippen LogP contribution in [0.3, 0.4) is 0 Å². The number of nitrogens with zero attached hydrogens (tertiary/aromatic N) is 4. The standard InChI is InChI=1S/2C19H13F3N2/c2*1-12-14-9-5-6-10-15(14)16-11-17(19(20,21)22)23-24(16)18(12)13-7-3-2-4-8-13/h2*2-11H,1H3. The molecule has 0 atom stereocenters. The molecule has 4 aromatic heterocycles. The largest absolute Gasteiger partial charge is 0.435 e. The first-order chi connectivity index (χ1) is 22.9. The first-order valence-corrected chi connectivity index (χ1v) is 15.0. The summed E-state index contributed by atoms with van der Waals surface area (Å²) in [6.45, 7) is 3.83. The Morgan fingerprint density at radius 3 is 1.08 bits per heavy atom. The Morgan fingerprint density at radius 1 is 0.438 bits per heavy atom. The zero-order valence-corrected chi connectivity index (χ0v) is 25.6. The van der Waals surface area contributed by atoms with Gasteiger partial charge in [0.2, 0.25) is 0 Å². The summed E-state index contributed by atoms with van der Waals surface area (Å²) in [6.07, 6.45) is -8.95. The molecule has 0 unspecified atom stereocenters. The van der Waals surface area contributed by atoms with Crippen molar-refractivity contribution in [2.45, 2.75) is 26.2 Å². The minimum atomic E-state index is -4.48. The van der Waals surface area contributed by atoms with E-state index < -0.39 is 23.7 Å². The number of aryl methyl sites for hydroxylation is 2. The van der Waals surface area contributed by atoms with E-state index in [-0.39, 0.29) is 0 Å². The molecule has 4 aromatic carbocycles. The van der Waals surface area contributed by atoms with Crippen LogP contribution in [0.2, 0.25) is 0 Å². The molecule has 48 heavy (non-hydrogen) atoms. The third-order valence-corrected chi connectivity index (χ3v) is 8.44. The van der Waals surface area contributed by atoms with E-state index in [0.717, 1.165) is 55.9 Å². The average Bonchev–Trinajstić information content (AvgIpc) is 3.73. The number of fused-ring (bicyclic) bond motifs is 6. The maximum atomic E-state index is 13.2. The second-order valence-electron chi connectivity index (χ2n) is 11.4. The van der Waals surface area contributed by atoms with E-state index in [1.807, 2.05) is 123 Å². The van der Waals surface area contributed by atoms with Gasteiger partial charge in [0.15, 0.2) is 11.4 Å². The van der Waals surface area contributed by atoms with Gasteiger partial charge in [-0.15, -0.1) is 0 Å². The van der Waals surface area contributed by atoms with Gasteiger partial charge >= 0.3 is 12.4 Å². The van der Waals surface area contributed by atoms with Gasteiger partial charge in [0, 0.05) is 21.9 Å². The molecule has 8 rings (SSSR count). The number of pyridine rings is 2. The maximum Gasteiger partial charge on any atom is 0.435 e. The predicted octanol–water partition coefficient (Wildman–Crippen LogP) is 11.0. The van der Waals surface area contributed by atoms with Crippen molar-refractivity contribution in [3.05, 3.63) is 144 Å². The molecule has 0 bridgehead atoms. The first kappa shape index (κ1) is 31.0. The molecule has 0 aliphatic heterocycles. The van der Waals surface area contributed by atoms with Crippen molar-refractivity contribution in [3.63, 3.8) is 0 Å². The molecule has 0 radical (unpaired) electrons. The normalized spacial score (nSPS) is 12.2. The van der Waals surface area contributed by atoms with Gasteiger partial charge in [0.25, 0.3) is 0 Å². The smallest absolute Gasteiger partial charge is 0.232 e. The molecular formula is C38H26F6N4. The lowest BCUT2D eigenvalue weighted by Crippen LogP contribution is -2.06. The molecule has 0 aliphatic rings. The van der Waals surface area contributed by atoms with Crippen molar-refractivity contribution < 1.29 is 26.3 Å². The van der Waals surface area contributed by atoms with Crippen LogP contribution in [0.4, 0.5) is 26.3 Å². The summed E-state index contributed by atoms with van der Waals surface area (Å²) in [7, 11) is 0. The maximum absolute atomic E-state index is 13.2. The number of hydrogen-bond donors (Lipinski definition) is 0. The second kappa shape index (κ2) is 11.6. The van der Waals surface area contributed by atoms with E-state index in [9.17, 15) is 26.3 Å². The van der Waals surface area contributed by atoms with Crippen LogP contribution in [0.15, 0.2) is 121 Å². The summed E-state index contributed by atoms with van der Waals surface area (Å²) in [6, 6.07) is 35.9. The summed E-state index contributed by atoms with van der Waals surface area (Å²) >= 11 is 0. The third kappa shape index (κ3) is 5.33. The van der Waals surface area contributed by atoms with Crippen molar-refractivity contribution in [1.82, 2.24) is 19.2 Å². The molecule has 240 valence electrons. The highest BCUT2D eigenvalue weighted by atomic mass is 19.4. The summed E-state index contributed by atoms with van der Waals surface area (Å²) in [5.41, 5.74) is 4.00. The lowest BCUT2D eigenvalue weighted by atomic mass is 10.00. The van der Waals surface area contributed by atoms with Gasteiger partial charge in [0.1, 0.15) is 0 Å². The molecule has 0 N–H and O–H groups in total. The highest BCUT2D eigenvalue weighted by Crippen LogP contribution is 2.38. The van der Waals surface area contributed by atoms with Crippen LogP contribution in [-0.4, -0.2) is 19.2 Å². The van der Waals surface area contributed by atoms with Gasteiger partial charge in [-0.05, 0) is 47.9 Å². The summed E-state index contributed by atoms with van der Waals surface area (Å²) in [4.78, 5) is 0. The molecule has 0 saturated heterocycles. The molecule has 10 heteroatoms. The van der Waals surface area contributed by atoms with Gasteiger partial charge in [0.05, 0.1) is 22.4 Å². The SMILES string of the molecule is Cc1c(-c2ccccc2)n2nc(C(F)(F)F)cc2c2ccccc12.Cc1c(-c2ccccc2)n2nc(C(F)(F)F)cc2c2ccccc12. The monoisotopic (exact) mass is 652 g/mol.